The fourth-order valence-corrected chi connectivity index (χ4v) is 1.73. The van der Waals surface area contributed by atoms with E-state index in [9.17, 15) is 4.79 Å². The standard InChI is InChI=1S/C14H13NO2.ClH/c1-15(14(16)17)13-10-6-5-9-12(13)11-7-3-2-4-8-11;/h2-10H,1H3,(H,16,17);1H. The van der Waals surface area contributed by atoms with E-state index in [0.29, 0.717) is 5.69 Å². The van der Waals surface area contributed by atoms with E-state index in [2.05, 4.69) is 0 Å². The van der Waals surface area contributed by atoms with Gasteiger partial charge in [-0.1, -0.05) is 48.5 Å². The Bertz CT molecular complexity index is 528. The third-order valence-electron chi connectivity index (χ3n) is 2.64. The summed E-state index contributed by atoms with van der Waals surface area (Å²) in [6, 6.07) is 17.2. The Morgan fingerprint density at radius 2 is 1.56 bits per heavy atom. The minimum atomic E-state index is -0.964. The summed E-state index contributed by atoms with van der Waals surface area (Å²) >= 11 is 0. The SMILES string of the molecule is CN(C(=O)O)c1ccccc1-c1ccccc1.Cl. The summed E-state index contributed by atoms with van der Waals surface area (Å²) in [5.41, 5.74) is 2.61. The lowest BCUT2D eigenvalue weighted by Crippen LogP contribution is -2.24. The third kappa shape index (κ3) is 2.81. The van der Waals surface area contributed by atoms with Crippen molar-refractivity contribution >= 4 is 24.2 Å². The first-order valence-electron chi connectivity index (χ1n) is 5.31. The Labute approximate surface area is 112 Å². The molecule has 4 heteroatoms. The first-order valence-corrected chi connectivity index (χ1v) is 5.31. The molecule has 0 spiro atoms. The highest BCUT2D eigenvalue weighted by molar-refractivity contribution is 5.92. The van der Waals surface area contributed by atoms with Gasteiger partial charge in [0.25, 0.3) is 0 Å². The lowest BCUT2D eigenvalue weighted by Gasteiger charge is -2.17. The van der Waals surface area contributed by atoms with E-state index >= 15 is 0 Å². The Balaban J connectivity index is 0.00000162. The van der Waals surface area contributed by atoms with Crippen molar-refractivity contribution in [1.82, 2.24) is 0 Å². The van der Waals surface area contributed by atoms with Crippen molar-refractivity contribution in [3.63, 3.8) is 0 Å². The summed E-state index contributed by atoms with van der Waals surface area (Å²) in [5, 5.41) is 9.03. The molecule has 2 rings (SSSR count). The molecule has 0 atom stereocenters. The number of carbonyl (C=O) groups is 1. The van der Waals surface area contributed by atoms with Crippen LogP contribution in [0.3, 0.4) is 0 Å². The lowest BCUT2D eigenvalue weighted by atomic mass is 10.0. The average Bonchev–Trinajstić information content (AvgIpc) is 2.39. The molecule has 0 aliphatic carbocycles. The van der Waals surface area contributed by atoms with Crippen LogP contribution in [0, 0.1) is 0 Å². The topological polar surface area (TPSA) is 40.5 Å². The summed E-state index contributed by atoms with van der Waals surface area (Å²) in [6.45, 7) is 0. The second kappa shape index (κ2) is 6.07. The van der Waals surface area contributed by atoms with Crippen LogP contribution < -0.4 is 4.90 Å². The molecule has 0 heterocycles. The molecule has 0 fully saturated rings. The number of para-hydroxylation sites is 1. The number of carboxylic acid groups (broad SMARTS) is 1. The van der Waals surface area contributed by atoms with Crippen molar-refractivity contribution in [2.45, 2.75) is 0 Å². The molecule has 18 heavy (non-hydrogen) atoms. The van der Waals surface area contributed by atoms with Crippen molar-refractivity contribution in [1.29, 1.82) is 0 Å². The van der Waals surface area contributed by atoms with Crippen LogP contribution in [0.15, 0.2) is 54.6 Å². The molecule has 0 aliphatic heterocycles. The predicted octanol–water partition coefficient (Wildman–Crippen LogP) is 3.89. The van der Waals surface area contributed by atoms with Gasteiger partial charge >= 0.3 is 6.09 Å². The lowest BCUT2D eigenvalue weighted by molar-refractivity contribution is 0.203. The molecule has 0 saturated carbocycles. The fraction of sp³-hybridized carbons (Fsp3) is 0.0714. The molecule has 3 nitrogen and oxygen atoms in total. The number of hydrogen-bond acceptors (Lipinski definition) is 1. The number of halogens is 1. The van der Waals surface area contributed by atoms with Crippen molar-refractivity contribution in [3.8, 4) is 11.1 Å². The molecular weight excluding hydrogens is 250 g/mol. The predicted molar refractivity (Wildman–Crippen MR) is 75.6 cm³/mol. The average molecular weight is 264 g/mol. The van der Waals surface area contributed by atoms with Gasteiger partial charge in [0.15, 0.2) is 0 Å². The Morgan fingerprint density at radius 1 is 1.00 bits per heavy atom. The fourth-order valence-electron chi connectivity index (χ4n) is 1.73. The smallest absolute Gasteiger partial charge is 0.411 e. The van der Waals surface area contributed by atoms with Crippen molar-refractivity contribution < 1.29 is 9.90 Å². The maximum atomic E-state index is 11.0. The van der Waals surface area contributed by atoms with E-state index in [0.717, 1.165) is 11.1 Å². The molecular formula is C14H14ClNO2. The second-order valence-corrected chi connectivity index (χ2v) is 3.72. The zero-order valence-electron chi connectivity index (χ0n) is 9.91. The van der Waals surface area contributed by atoms with Crippen molar-refractivity contribution in [3.05, 3.63) is 54.6 Å². The molecule has 0 bridgehead atoms. The Morgan fingerprint density at radius 3 is 2.17 bits per heavy atom. The molecule has 0 aromatic heterocycles. The van der Waals surface area contributed by atoms with E-state index < -0.39 is 6.09 Å². The van der Waals surface area contributed by atoms with Gasteiger partial charge in [-0.3, -0.25) is 4.90 Å². The number of benzene rings is 2. The van der Waals surface area contributed by atoms with Crippen LogP contribution in [0.4, 0.5) is 10.5 Å². The maximum Gasteiger partial charge on any atom is 0.411 e. The normalized spacial score (nSPS) is 9.39. The van der Waals surface area contributed by atoms with Gasteiger partial charge in [-0.25, -0.2) is 4.79 Å². The van der Waals surface area contributed by atoms with E-state index in [1.807, 2.05) is 48.5 Å². The highest BCUT2D eigenvalue weighted by Gasteiger charge is 2.13. The first kappa shape index (κ1) is 14.1. The number of anilines is 1. The number of nitrogens with zero attached hydrogens (tertiary/aromatic N) is 1. The number of hydrogen-bond donors (Lipinski definition) is 1. The molecule has 2 aromatic rings. The van der Waals surface area contributed by atoms with Crippen LogP contribution in [0.25, 0.3) is 11.1 Å². The molecule has 0 unspecified atom stereocenters. The quantitative estimate of drug-likeness (QED) is 0.893. The minimum absolute atomic E-state index is 0. The van der Waals surface area contributed by atoms with Crippen LogP contribution in [0.1, 0.15) is 0 Å². The molecule has 94 valence electrons. The van der Waals surface area contributed by atoms with Gasteiger partial charge in [0.05, 0.1) is 5.69 Å². The highest BCUT2D eigenvalue weighted by Crippen LogP contribution is 2.29. The van der Waals surface area contributed by atoms with Gasteiger partial charge in [0.1, 0.15) is 0 Å². The van der Waals surface area contributed by atoms with E-state index in [1.54, 1.807) is 13.1 Å². The molecule has 1 amide bonds. The van der Waals surface area contributed by atoms with Crippen molar-refractivity contribution in [2.75, 3.05) is 11.9 Å². The van der Waals surface area contributed by atoms with Gasteiger partial charge in [-0.2, -0.15) is 0 Å². The molecule has 0 saturated heterocycles. The van der Waals surface area contributed by atoms with E-state index in [-0.39, 0.29) is 12.4 Å². The van der Waals surface area contributed by atoms with Crippen molar-refractivity contribution in [2.24, 2.45) is 0 Å². The van der Waals surface area contributed by atoms with E-state index in [4.69, 9.17) is 5.11 Å². The highest BCUT2D eigenvalue weighted by atomic mass is 35.5. The second-order valence-electron chi connectivity index (χ2n) is 3.72. The molecule has 1 N–H and O–H groups in total. The number of rotatable bonds is 2. The Hall–Kier alpha value is -2.00. The van der Waals surface area contributed by atoms with Gasteiger partial charge in [0, 0.05) is 12.6 Å². The van der Waals surface area contributed by atoms with Crippen LogP contribution in [0.2, 0.25) is 0 Å². The summed E-state index contributed by atoms with van der Waals surface area (Å²) < 4.78 is 0. The third-order valence-corrected chi connectivity index (χ3v) is 2.64. The molecule has 2 aromatic carbocycles. The summed E-state index contributed by atoms with van der Waals surface area (Å²) in [4.78, 5) is 12.2. The van der Waals surface area contributed by atoms with Gasteiger partial charge in [-0.15, -0.1) is 12.4 Å². The minimum Gasteiger partial charge on any atom is -0.465 e. The monoisotopic (exact) mass is 263 g/mol. The van der Waals surface area contributed by atoms with Crippen LogP contribution >= 0.6 is 12.4 Å². The zero-order chi connectivity index (χ0) is 12.3. The van der Waals surface area contributed by atoms with E-state index in [1.165, 1.54) is 4.90 Å². The maximum absolute atomic E-state index is 11.0. The summed E-state index contributed by atoms with van der Waals surface area (Å²) in [6.07, 6.45) is -0.964. The largest absolute Gasteiger partial charge is 0.465 e. The van der Waals surface area contributed by atoms with Gasteiger partial charge in [0.2, 0.25) is 0 Å². The Kier molecular flexibility index (Phi) is 4.75. The summed E-state index contributed by atoms with van der Waals surface area (Å²) in [5.74, 6) is 0. The zero-order valence-corrected chi connectivity index (χ0v) is 10.7. The first-order chi connectivity index (χ1) is 8.20. The van der Waals surface area contributed by atoms with Crippen LogP contribution in [0.5, 0.6) is 0 Å². The molecule has 0 aliphatic rings. The van der Waals surface area contributed by atoms with Gasteiger partial charge < -0.3 is 5.11 Å². The van der Waals surface area contributed by atoms with Crippen LogP contribution in [-0.4, -0.2) is 18.2 Å². The number of amides is 1. The van der Waals surface area contributed by atoms with Crippen LogP contribution in [-0.2, 0) is 0 Å². The van der Waals surface area contributed by atoms with Gasteiger partial charge in [-0.05, 0) is 11.6 Å². The molecule has 0 radical (unpaired) electrons. The summed E-state index contributed by atoms with van der Waals surface area (Å²) in [7, 11) is 1.55.